The van der Waals surface area contributed by atoms with Crippen LogP contribution >= 0.6 is 0 Å². The van der Waals surface area contributed by atoms with Crippen molar-refractivity contribution in [1.29, 1.82) is 0 Å². The van der Waals surface area contributed by atoms with Crippen molar-refractivity contribution in [1.82, 2.24) is 9.97 Å². The molecule has 0 amide bonds. The molecule has 34 heavy (non-hydrogen) atoms. The first-order valence-electron chi connectivity index (χ1n) is 11.0. The third kappa shape index (κ3) is 6.21. The predicted molar refractivity (Wildman–Crippen MR) is 125 cm³/mol. The maximum atomic E-state index is 12.4. The Balaban J connectivity index is 1.59. The Kier molecular flexibility index (Phi) is 6.95. The molecule has 7 nitrogen and oxygen atoms in total. The number of anilines is 5. The summed E-state index contributed by atoms with van der Waals surface area (Å²) in [5.74, 6) is 2.15. The Bertz CT molecular complexity index is 1090. The molecule has 0 aliphatic carbocycles. The van der Waals surface area contributed by atoms with Gasteiger partial charge in [0.1, 0.15) is 23.1 Å². The molecular formula is C24H26F3N5O2. The van der Waals surface area contributed by atoms with Gasteiger partial charge >= 0.3 is 6.36 Å². The number of hydrogen-bond donors (Lipinski definition) is 2. The molecule has 1 aliphatic rings. The van der Waals surface area contributed by atoms with Gasteiger partial charge in [-0.1, -0.05) is 0 Å². The van der Waals surface area contributed by atoms with E-state index in [9.17, 15) is 13.2 Å². The van der Waals surface area contributed by atoms with Crippen LogP contribution < -0.4 is 25.0 Å². The fourth-order valence-electron chi connectivity index (χ4n) is 3.83. The number of ether oxygens (including phenoxy) is 2. The minimum Gasteiger partial charge on any atom is -0.497 e. The zero-order chi connectivity index (χ0) is 24.1. The number of hydrogen-bond acceptors (Lipinski definition) is 7. The Labute approximate surface area is 195 Å². The molecule has 1 aromatic heterocycles. The van der Waals surface area contributed by atoms with E-state index in [-0.39, 0.29) is 5.75 Å². The minimum atomic E-state index is -4.73. The van der Waals surface area contributed by atoms with E-state index < -0.39 is 6.36 Å². The van der Waals surface area contributed by atoms with Crippen molar-refractivity contribution in [3.05, 3.63) is 54.6 Å². The molecule has 0 saturated carbocycles. The second kappa shape index (κ2) is 10.1. The monoisotopic (exact) mass is 473 g/mol. The summed E-state index contributed by atoms with van der Waals surface area (Å²) in [5.41, 5.74) is 1.37. The summed E-state index contributed by atoms with van der Waals surface area (Å²) < 4.78 is 46.4. The number of piperidine rings is 1. The van der Waals surface area contributed by atoms with Crippen molar-refractivity contribution in [2.75, 3.05) is 29.2 Å². The van der Waals surface area contributed by atoms with Crippen molar-refractivity contribution >= 4 is 29.0 Å². The first-order valence-corrected chi connectivity index (χ1v) is 11.0. The molecule has 1 saturated heterocycles. The predicted octanol–water partition coefficient (Wildman–Crippen LogP) is 6.25. The topological polar surface area (TPSA) is 71.5 Å². The molecule has 1 atom stereocenters. The standard InChI is InChI=1S/C24H26F3N5O2/c1-16-5-3-4-14-32(16)22-15-21(28-17-8-12-20(13-9-17)34-24(25,26)27)30-23(31-22)29-18-6-10-19(33-2)11-7-18/h6-13,15-16H,3-5,14H2,1-2H3,(H2,28,29,30,31). The lowest BCUT2D eigenvalue weighted by Crippen LogP contribution is -2.38. The molecule has 2 N–H and O–H groups in total. The fourth-order valence-corrected chi connectivity index (χ4v) is 3.83. The van der Waals surface area contributed by atoms with Crippen LogP contribution in [0.3, 0.4) is 0 Å². The number of benzene rings is 2. The lowest BCUT2D eigenvalue weighted by molar-refractivity contribution is -0.274. The van der Waals surface area contributed by atoms with Gasteiger partial charge in [0, 0.05) is 30.0 Å². The van der Waals surface area contributed by atoms with Crippen LogP contribution in [0.1, 0.15) is 26.2 Å². The molecular weight excluding hydrogens is 447 g/mol. The molecule has 1 fully saturated rings. The molecule has 0 bridgehead atoms. The summed E-state index contributed by atoms with van der Waals surface area (Å²) >= 11 is 0. The summed E-state index contributed by atoms with van der Waals surface area (Å²) in [7, 11) is 1.61. The molecule has 180 valence electrons. The van der Waals surface area contributed by atoms with Crippen LogP contribution in [0.15, 0.2) is 54.6 Å². The number of aromatic nitrogens is 2. The van der Waals surface area contributed by atoms with Gasteiger partial charge in [0.2, 0.25) is 5.95 Å². The summed E-state index contributed by atoms with van der Waals surface area (Å²) in [6, 6.07) is 15.1. The second-order valence-electron chi connectivity index (χ2n) is 8.02. The van der Waals surface area contributed by atoms with E-state index in [4.69, 9.17) is 9.72 Å². The van der Waals surface area contributed by atoms with E-state index >= 15 is 0 Å². The minimum absolute atomic E-state index is 0.287. The van der Waals surface area contributed by atoms with Gasteiger partial charge in [0.15, 0.2) is 0 Å². The second-order valence-corrected chi connectivity index (χ2v) is 8.02. The smallest absolute Gasteiger partial charge is 0.497 e. The third-order valence-electron chi connectivity index (χ3n) is 5.52. The van der Waals surface area contributed by atoms with Crippen LogP contribution in [0.4, 0.5) is 42.1 Å². The van der Waals surface area contributed by atoms with Crippen LogP contribution in [-0.4, -0.2) is 36.0 Å². The lowest BCUT2D eigenvalue weighted by atomic mass is 10.0. The van der Waals surface area contributed by atoms with Crippen LogP contribution in [0, 0.1) is 0 Å². The molecule has 10 heteroatoms. The maximum absolute atomic E-state index is 12.4. The number of nitrogens with one attached hydrogen (secondary N) is 2. The van der Waals surface area contributed by atoms with E-state index in [1.54, 1.807) is 7.11 Å². The summed E-state index contributed by atoms with van der Waals surface area (Å²) in [6.07, 6.45) is -1.39. The van der Waals surface area contributed by atoms with Gasteiger partial charge in [0.25, 0.3) is 0 Å². The number of alkyl halides is 3. The Morgan fingerprint density at radius 1 is 0.912 bits per heavy atom. The normalized spacial score (nSPS) is 16.1. The number of methoxy groups -OCH3 is 1. The van der Waals surface area contributed by atoms with E-state index in [0.29, 0.717) is 23.5 Å². The van der Waals surface area contributed by atoms with Crippen molar-refractivity contribution in [2.45, 2.75) is 38.6 Å². The van der Waals surface area contributed by atoms with E-state index in [0.717, 1.165) is 36.6 Å². The molecule has 3 aromatic rings. The Morgan fingerprint density at radius 2 is 1.56 bits per heavy atom. The molecule has 2 aromatic carbocycles. The third-order valence-corrected chi connectivity index (χ3v) is 5.52. The quantitative estimate of drug-likeness (QED) is 0.420. The average molecular weight is 473 g/mol. The molecule has 0 radical (unpaired) electrons. The molecule has 1 unspecified atom stereocenters. The van der Waals surface area contributed by atoms with Crippen LogP contribution in [-0.2, 0) is 0 Å². The Morgan fingerprint density at radius 3 is 2.18 bits per heavy atom. The fraction of sp³-hybridized carbons (Fsp3) is 0.333. The van der Waals surface area contributed by atoms with Gasteiger partial charge in [-0.25, -0.2) is 0 Å². The zero-order valence-electron chi connectivity index (χ0n) is 18.9. The summed E-state index contributed by atoms with van der Waals surface area (Å²) in [6.45, 7) is 3.06. The SMILES string of the molecule is COc1ccc(Nc2nc(Nc3ccc(OC(F)(F)F)cc3)cc(N3CCCCC3C)n2)cc1. The van der Waals surface area contributed by atoms with Crippen LogP contribution in [0.2, 0.25) is 0 Å². The summed E-state index contributed by atoms with van der Waals surface area (Å²) in [4.78, 5) is 11.5. The zero-order valence-corrected chi connectivity index (χ0v) is 18.9. The van der Waals surface area contributed by atoms with Crippen molar-refractivity contribution < 1.29 is 22.6 Å². The number of halogens is 3. The molecule has 0 spiro atoms. The average Bonchev–Trinajstić information content (AvgIpc) is 2.80. The van der Waals surface area contributed by atoms with Gasteiger partial charge in [-0.2, -0.15) is 9.97 Å². The highest BCUT2D eigenvalue weighted by Crippen LogP contribution is 2.29. The van der Waals surface area contributed by atoms with E-state index in [1.165, 1.54) is 30.7 Å². The van der Waals surface area contributed by atoms with Crippen LogP contribution in [0.25, 0.3) is 0 Å². The number of nitrogens with zero attached hydrogens (tertiary/aromatic N) is 3. The molecule has 4 rings (SSSR count). The van der Waals surface area contributed by atoms with Gasteiger partial charge in [-0.05, 0) is 74.7 Å². The van der Waals surface area contributed by atoms with Crippen molar-refractivity contribution in [3.8, 4) is 11.5 Å². The van der Waals surface area contributed by atoms with E-state index in [2.05, 4.69) is 32.2 Å². The summed E-state index contributed by atoms with van der Waals surface area (Å²) in [5, 5.41) is 6.38. The van der Waals surface area contributed by atoms with Crippen molar-refractivity contribution in [3.63, 3.8) is 0 Å². The van der Waals surface area contributed by atoms with Gasteiger partial charge < -0.3 is 25.0 Å². The highest BCUT2D eigenvalue weighted by Gasteiger charge is 2.31. The van der Waals surface area contributed by atoms with E-state index in [1.807, 2.05) is 30.3 Å². The highest BCUT2D eigenvalue weighted by molar-refractivity contribution is 5.65. The van der Waals surface area contributed by atoms with Gasteiger partial charge in [-0.3, -0.25) is 0 Å². The Hall–Kier alpha value is -3.69. The first-order chi connectivity index (χ1) is 16.3. The molecule has 2 heterocycles. The van der Waals surface area contributed by atoms with Gasteiger partial charge in [0.05, 0.1) is 7.11 Å². The van der Waals surface area contributed by atoms with Gasteiger partial charge in [-0.15, -0.1) is 13.2 Å². The number of rotatable bonds is 7. The van der Waals surface area contributed by atoms with Crippen LogP contribution in [0.5, 0.6) is 11.5 Å². The first kappa shape index (κ1) is 23.5. The molecule has 1 aliphatic heterocycles. The lowest BCUT2D eigenvalue weighted by Gasteiger charge is -2.34. The largest absolute Gasteiger partial charge is 0.573 e. The van der Waals surface area contributed by atoms with Crippen molar-refractivity contribution in [2.24, 2.45) is 0 Å². The maximum Gasteiger partial charge on any atom is 0.573 e. The highest BCUT2D eigenvalue weighted by atomic mass is 19.4.